The van der Waals surface area contributed by atoms with Crippen molar-refractivity contribution in [1.82, 2.24) is 4.90 Å². The molecule has 5 N–H and O–H groups in total. The number of primary amides is 1. The number of nitrogens with one attached hydrogen (secondary N) is 1. The van der Waals surface area contributed by atoms with Crippen LogP contribution in [0.4, 0.5) is 11.4 Å². The third-order valence-corrected chi connectivity index (χ3v) is 3.44. The number of hydrogen-bond acceptors (Lipinski definition) is 5. The van der Waals surface area contributed by atoms with Gasteiger partial charge in [-0.05, 0) is 18.2 Å². The molecule has 8 heteroatoms. The first-order valence-corrected chi connectivity index (χ1v) is 6.81. The zero-order valence-corrected chi connectivity index (χ0v) is 12.1. The van der Waals surface area contributed by atoms with Crippen molar-refractivity contribution in [2.45, 2.75) is 6.04 Å². The summed E-state index contributed by atoms with van der Waals surface area (Å²) in [5.41, 5.74) is 11.9. The summed E-state index contributed by atoms with van der Waals surface area (Å²) >= 11 is 5.86. The van der Waals surface area contributed by atoms with E-state index in [0.717, 1.165) is 0 Å². The van der Waals surface area contributed by atoms with Crippen molar-refractivity contribution in [2.75, 3.05) is 37.4 Å². The predicted octanol–water partition coefficient (Wildman–Crippen LogP) is 0.0468. The van der Waals surface area contributed by atoms with Crippen molar-refractivity contribution < 1.29 is 14.3 Å². The number of hydrogen-bond donors (Lipinski definition) is 3. The van der Waals surface area contributed by atoms with Gasteiger partial charge in [0.25, 0.3) is 0 Å². The van der Waals surface area contributed by atoms with E-state index in [-0.39, 0.29) is 19.1 Å². The van der Waals surface area contributed by atoms with Gasteiger partial charge in [0.05, 0.1) is 31.1 Å². The molecule has 1 aromatic rings. The molecule has 1 atom stereocenters. The summed E-state index contributed by atoms with van der Waals surface area (Å²) in [6.45, 7) is 1.15. The van der Waals surface area contributed by atoms with Gasteiger partial charge in [-0.1, -0.05) is 11.6 Å². The number of benzene rings is 1. The first kappa shape index (κ1) is 15.6. The third-order valence-electron chi connectivity index (χ3n) is 3.20. The third kappa shape index (κ3) is 4.07. The van der Waals surface area contributed by atoms with Crippen LogP contribution < -0.4 is 16.8 Å². The molecule has 0 radical (unpaired) electrons. The second-order valence-corrected chi connectivity index (χ2v) is 5.18. The predicted molar refractivity (Wildman–Crippen MR) is 79.9 cm³/mol. The first-order valence-electron chi connectivity index (χ1n) is 6.43. The van der Waals surface area contributed by atoms with Crippen LogP contribution in [-0.2, 0) is 14.3 Å². The lowest BCUT2D eigenvalue weighted by Gasteiger charge is -2.32. The summed E-state index contributed by atoms with van der Waals surface area (Å²) in [5.74, 6) is -0.804. The van der Waals surface area contributed by atoms with E-state index in [1.165, 1.54) is 0 Å². The van der Waals surface area contributed by atoms with Crippen molar-refractivity contribution in [3.8, 4) is 0 Å². The monoisotopic (exact) mass is 312 g/mol. The van der Waals surface area contributed by atoms with Gasteiger partial charge in [-0.2, -0.15) is 0 Å². The first-order chi connectivity index (χ1) is 9.97. The van der Waals surface area contributed by atoms with Crippen LogP contribution in [0.1, 0.15) is 0 Å². The summed E-state index contributed by atoms with van der Waals surface area (Å²) < 4.78 is 5.20. The molecule has 2 rings (SSSR count). The van der Waals surface area contributed by atoms with E-state index < -0.39 is 11.9 Å². The Morgan fingerprint density at radius 3 is 2.95 bits per heavy atom. The maximum Gasteiger partial charge on any atom is 0.238 e. The van der Waals surface area contributed by atoms with Crippen molar-refractivity contribution in [3.05, 3.63) is 23.2 Å². The largest absolute Gasteiger partial charge is 0.397 e. The second kappa shape index (κ2) is 6.75. The van der Waals surface area contributed by atoms with E-state index in [0.29, 0.717) is 29.5 Å². The minimum atomic E-state index is -0.596. The van der Waals surface area contributed by atoms with Crippen LogP contribution in [-0.4, -0.2) is 49.1 Å². The van der Waals surface area contributed by atoms with E-state index in [1.54, 1.807) is 23.1 Å². The highest BCUT2D eigenvalue weighted by Gasteiger charge is 2.29. The molecule has 2 amide bonds. The Balaban J connectivity index is 2.00. The minimum absolute atomic E-state index is 0.0307. The van der Waals surface area contributed by atoms with Crippen molar-refractivity contribution >= 4 is 34.8 Å². The molecule has 0 aromatic heterocycles. The summed E-state index contributed by atoms with van der Waals surface area (Å²) in [6, 6.07) is 4.22. The molecule has 1 saturated heterocycles. The summed E-state index contributed by atoms with van der Waals surface area (Å²) in [6.07, 6.45) is 0. The number of carbonyl (C=O) groups is 2. The van der Waals surface area contributed by atoms with E-state index >= 15 is 0 Å². The molecule has 7 nitrogen and oxygen atoms in total. The highest BCUT2D eigenvalue weighted by molar-refractivity contribution is 6.31. The normalized spacial score (nSPS) is 19.2. The molecular formula is C13H17ClN4O3. The van der Waals surface area contributed by atoms with E-state index in [1.807, 2.05) is 0 Å². The van der Waals surface area contributed by atoms with Crippen LogP contribution in [0, 0.1) is 0 Å². The summed E-state index contributed by atoms with van der Waals surface area (Å²) in [7, 11) is 0. The fourth-order valence-corrected chi connectivity index (χ4v) is 2.27. The van der Waals surface area contributed by atoms with Gasteiger partial charge in [0.1, 0.15) is 6.04 Å². The zero-order chi connectivity index (χ0) is 15.4. The lowest BCUT2D eigenvalue weighted by Crippen LogP contribution is -2.54. The van der Waals surface area contributed by atoms with Crippen LogP contribution in [0.25, 0.3) is 0 Å². The van der Waals surface area contributed by atoms with Crippen molar-refractivity contribution in [1.29, 1.82) is 0 Å². The quantitative estimate of drug-likeness (QED) is 0.680. The number of anilines is 2. The van der Waals surface area contributed by atoms with Crippen LogP contribution in [0.15, 0.2) is 18.2 Å². The topological polar surface area (TPSA) is 111 Å². The fraction of sp³-hybridized carbons (Fsp3) is 0.385. The molecule has 1 fully saturated rings. The number of carbonyl (C=O) groups excluding carboxylic acids is 2. The fourth-order valence-electron chi connectivity index (χ4n) is 2.10. The van der Waals surface area contributed by atoms with E-state index in [2.05, 4.69) is 5.32 Å². The Morgan fingerprint density at radius 1 is 1.48 bits per heavy atom. The van der Waals surface area contributed by atoms with Crippen molar-refractivity contribution in [2.24, 2.45) is 5.73 Å². The SMILES string of the molecule is NC(=O)C1COCCN1CC(=O)Nc1cc(Cl)ccc1N. The van der Waals surface area contributed by atoms with Crippen LogP contribution in [0.5, 0.6) is 0 Å². The molecule has 0 aliphatic carbocycles. The van der Waals surface area contributed by atoms with Gasteiger partial charge >= 0.3 is 0 Å². The molecule has 1 unspecified atom stereocenters. The molecule has 1 aliphatic heterocycles. The Bertz CT molecular complexity index is 552. The highest BCUT2D eigenvalue weighted by atomic mass is 35.5. The average molecular weight is 313 g/mol. The number of amides is 2. The van der Waals surface area contributed by atoms with Gasteiger partial charge in [-0.25, -0.2) is 0 Å². The molecule has 0 saturated carbocycles. The Kier molecular flexibility index (Phi) is 5.00. The summed E-state index contributed by atoms with van der Waals surface area (Å²) in [5, 5.41) is 3.15. The molecule has 1 aromatic carbocycles. The van der Waals surface area contributed by atoms with Gasteiger partial charge in [0, 0.05) is 11.6 Å². The number of nitrogens with two attached hydrogens (primary N) is 2. The van der Waals surface area contributed by atoms with Crippen LogP contribution >= 0.6 is 11.6 Å². The molecule has 1 heterocycles. The lowest BCUT2D eigenvalue weighted by atomic mass is 10.2. The number of ether oxygens (including phenoxy) is 1. The smallest absolute Gasteiger partial charge is 0.238 e. The lowest BCUT2D eigenvalue weighted by molar-refractivity contribution is -0.131. The van der Waals surface area contributed by atoms with Gasteiger partial charge in [-0.15, -0.1) is 0 Å². The standard InChI is InChI=1S/C13H17ClN4O3/c14-8-1-2-9(15)10(5-8)17-12(19)6-18-3-4-21-7-11(18)13(16)20/h1-2,5,11H,3-4,6-7,15H2,(H2,16,20)(H,17,19). The van der Waals surface area contributed by atoms with E-state index in [9.17, 15) is 9.59 Å². The van der Waals surface area contributed by atoms with E-state index in [4.69, 9.17) is 27.8 Å². The van der Waals surface area contributed by atoms with Crippen molar-refractivity contribution in [3.63, 3.8) is 0 Å². The average Bonchev–Trinajstić information content (AvgIpc) is 2.43. The molecule has 1 aliphatic rings. The minimum Gasteiger partial charge on any atom is -0.397 e. The zero-order valence-electron chi connectivity index (χ0n) is 11.3. The number of morpholine rings is 1. The van der Waals surface area contributed by atoms with Crippen LogP contribution in [0.3, 0.4) is 0 Å². The van der Waals surface area contributed by atoms with Gasteiger partial charge < -0.3 is 21.5 Å². The molecule has 0 spiro atoms. The molecule has 114 valence electrons. The van der Waals surface area contributed by atoms with Gasteiger partial charge in [0.15, 0.2) is 0 Å². The Morgan fingerprint density at radius 2 is 2.24 bits per heavy atom. The molecule has 0 bridgehead atoms. The Labute approximate surface area is 127 Å². The highest BCUT2D eigenvalue weighted by Crippen LogP contribution is 2.22. The molecule has 21 heavy (non-hydrogen) atoms. The van der Waals surface area contributed by atoms with Crippen LogP contribution in [0.2, 0.25) is 5.02 Å². The van der Waals surface area contributed by atoms with Gasteiger partial charge in [0.2, 0.25) is 11.8 Å². The maximum absolute atomic E-state index is 12.1. The number of nitrogens with zero attached hydrogens (tertiary/aromatic N) is 1. The number of halogens is 1. The molecular weight excluding hydrogens is 296 g/mol. The van der Waals surface area contributed by atoms with Gasteiger partial charge in [-0.3, -0.25) is 14.5 Å². The number of nitrogen functional groups attached to an aromatic ring is 1. The maximum atomic E-state index is 12.1. The Hall–Kier alpha value is -1.83. The summed E-state index contributed by atoms with van der Waals surface area (Å²) in [4.78, 5) is 25.1. The second-order valence-electron chi connectivity index (χ2n) is 4.74. The number of rotatable bonds is 4.